The number of halogens is 1. The van der Waals surface area contributed by atoms with Gasteiger partial charge >= 0.3 is 0 Å². The number of benzene rings is 1. The topological polar surface area (TPSA) is 63.1 Å². The van der Waals surface area contributed by atoms with E-state index in [0.29, 0.717) is 18.9 Å². The molecule has 2 heterocycles. The Hall–Kier alpha value is -1.92. The van der Waals surface area contributed by atoms with Crippen LogP contribution in [-0.2, 0) is 17.4 Å². The lowest BCUT2D eigenvalue weighted by atomic mass is 9.87. The van der Waals surface area contributed by atoms with Gasteiger partial charge in [0.1, 0.15) is 12.2 Å². The van der Waals surface area contributed by atoms with E-state index in [1.54, 1.807) is 11.0 Å². The Morgan fingerprint density at radius 1 is 1.39 bits per heavy atom. The predicted octanol–water partition coefficient (Wildman–Crippen LogP) is 1.37. The quantitative estimate of drug-likeness (QED) is 0.862. The summed E-state index contributed by atoms with van der Waals surface area (Å²) in [6.45, 7) is 4.22. The molecular weight excluding hydrogens is 314 g/mol. The van der Waals surface area contributed by atoms with Gasteiger partial charge in [-0.05, 0) is 12.5 Å². The molecule has 1 amide bonds. The van der Waals surface area contributed by atoms with Crippen LogP contribution in [0.4, 0.5) is 0 Å². The van der Waals surface area contributed by atoms with Crippen molar-refractivity contribution in [1.82, 2.24) is 25.0 Å². The van der Waals surface area contributed by atoms with Crippen molar-refractivity contribution in [3.05, 3.63) is 36.2 Å². The largest absolute Gasteiger partial charge is 0.330 e. The Balaban J connectivity index is 1.91. The average molecular weight is 334 g/mol. The van der Waals surface area contributed by atoms with Gasteiger partial charge in [0, 0.05) is 32.2 Å². The van der Waals surface area contributed by atoms with E-state index in [1.807, 2.05) is 36.2 Å². The lowest BCUT2D eigenvalue weighted by Crippen LogP contribution is -2.59. The van der Waals surface area contributed by atoms with Crippen LogP contribution in [0.2, 0.25) is 0 Å². The zero-order valence-electron chi connectivity index (χ0n) is 13.3. The van der Waals surface area contributed by atoms with E-state index in [-0.39, 0.29) is 11.8 Å². The molecule has 0 radical (unpaired) electrons. The van der Waals surface area contributed by atoms with Gasteiger partial charge < -0.3 is 10.2 Å². The fraction of sp³-hybridized carbons (Fsp3) is 0.438. The van der Waals surface area contributed by atoms with Crippen molar-refractivity contribution in [3.63, 3.8) is 0 Å². The standard InChI is InChI=1S/C16H20ClN5O/c1-16(10-18-7-8-22(16)14(23)9-17)13-5-3-12(4-6-13)15-19-11-21(2)20-15/h3-6,11,18H,7-10H2,1-2H3. The summed E-state index contributed by atoms with van der Waals surface area (Å²) in [5.41, 5.74) is 1.63. The summed E-state index contributed by atoms with van der Waals surface area (Å²) in [4.78, 5) is 18.3. The molecule has 1 aromatic heterocycles. The number of hydrogen-bond acceptors (Lipinski definition) is 4. The van der Waals surface area contributed by atoms with E-state index in [1.165, 1.54) is 0 Å². The first-order chi connectivity index (χ1) is 11.0. The molecule has 6 nitrogen and oxygen atoms in total. The third kappa shape index (κ3) is 2.96. The third-order valence-corrected chi connectivity index (χ3v) is 4.59. The van der Waals surface area contributed by atoms with Crippen molar-refractivity contribution in [2.24, 2.45) is 7.05 Å². The van der Waals surface area contributed by atoms with Crippen molar-refractivity contribution in [2.75, 3.05) is 25.5 Å². The number of alkyl halides is 1. The van der Waals surface area contributed by atoms with Gasteiger partial charge in [-0.15, -0.1) is 11.6 Å². The van der Waals surface area contributed by atoms with Crippen LogP contribution in [0.15, 0.2) is 30.6 Å². The second-order valence-corrected chi connectivity index (χ2v) is 6.22. The van der Waals surface area contributed by atoms with Gasteiger partial charge in [-0.25, -0.2) is 4.98 Å². The Morgan fingerprint density at radius 2 is 2.13 bits per heavy atom. The Kier molecular flexibility index (Phi) is 4.37. The van der Waals surface area contributed by atoms with Crippen LogP contribution >= 0.6 is 11.6 Å². The van der Waals surface area contributed by atoms with Gasteiger partial charge in [0.25, 0.3) is 0 Å². The number of carbonyl (C=O) groups is 1. The van der Waals surface area contributed by atoms with E-state index in [0.717, 1.165) is 17.7 Å². The summed E-state index contributed by atoms with van der Waals surface area (Å²) in [5.74, 6) is 0.664. The molecule has 122 valence electrons. The molecule has 3 rings (SSSR count). The molecule has 1 N–H and O–H groups in total. The van der Waals surface area contributed by atoms with Crippen LogP contribution in [-0.4, -0.2) is 51.1 Å². The zero-order chi connectivity index (χ0) is 16.4. The maximum atomic E-state index is 12.2. The first-order valence-corrected chi connectivity index (χ1v) is 8.12. The highest BCUT2D eigenvalue weighted by Crippen LogP contribution is 2.31. The number of aromatic nitrogens is 3. The van der Waals surface area contributed by atoms with Gasteiger partial charge in [0.2, 0.25) is 5.91 Å². The number of aryl methyl sites for hydroxylation is 1. The molecule has 1 atom stereocenters. The lowest BCUT2D eigenvalue weighted by molar-refractivity contribution is -0.136. The van der Waals surface area contributed by atoms with Gasteiger partial charge in [-0.2, -0.15) is 5.10 Å². The van der Waals surface area contributed by atoms with Crippen molar-refractivity contribution >= 4 is 17.5 Å². The van der Waals surface area contributed by atoms with Crippen molar-refractivity contribution < 1.29 is 4.79 Å². The van der Waals surface area contributed by atoms with Crippen molar-refractivity contribution in [1.29, 1.82) is 0 Å². The average Bonchev–Trinajstić information content (AvgIpc) is 3.01. The fourth-order valence-corrected chi connectivity index (χ4v) is 3.19. The van der Waals surface area contributed by atoms with Gasteiger partial charge in [0.05, 0.1) is 5.54 Å². The van der Waals surface area contributed by atoms with Crippen LogP contribution in [0, 0.1) is 0 Å². The highest BCUT2D eigenvalue weighted by atomic mass is 35.5. The number of piperazine rings is 1. The Bertz CT molecular complexity index is 699. The van der Waals surface area contributed by atoms with Gasteiger partial charge in [0.15, 0.2) is 5.82 Å². The molecule has 0 saturated carbocycles. The van der Waals surface area contributed by atoms with E-state index in [9.17, 15) is 4.79 Å². The van der Waals surface area contributed by atoms with Crippen molar-refractivity contribution in [3.8, 4) is 11.4 Å². The smallest absolute Gasteiger partial charge is 0.238 e. The first-order valence-electron chi connectivity index (χ1n) is 7.58. The minimum atomic E-state index is -0.402. The minimum Gasteiger partial charge on any atom is -0.330 e. The van der Waals surface area contributed by atoms with E-state index >= 15 is 0 Å². The summed E-state index contributed by atoms with van der Waals surface area (Å²) in [5, 5.41) is 7.68. The molecule has 1 saturated heterocycles. The summed E-state index contributed by atoms with van der Waals surface area (Å²) in [6, 6.07) is 8.06. The van der Waals surface area contributed by atoms with Gasteiger partial charge in [-0.1, -0.05) is 24.3 Å². The summed E-state index contributed by atoms with van der Waals surface area (Å²) in [7, 11) is 1.84. The second kappa shape index (κ2) is 6.29. The van der Waals surface area contributed by atoms with Crippen LogP contribution in [0.3, 0.4) is 0 Å². The molecule has 23 heavy (non-hydrogen) atoms. The van der Waals surface area contributed by atoms with Crippen molar-refractivity contribution in [2.45, 2.75) is 12.5 Å². The molecule has 2 aromatic rings. The maximum Gasteiger partial charge on any atom is 0.238 e. The molecule has 1 fully saturated rings. The molecule has 0 aliphatic carbocycles. The highest BCUT2D eigenvalue weighted by molar-refractivity contribution is 6.27. The van der Waals surface area contributed by atoms with Crippen LogP contribution in [0.1, 0.15) is 12.5 Å². The number of hydrogen-bond donors (Lipinski definition) is 1. The molecule has 7 heteroatoms. The number of rotatable bonds is 3. The number of nitrogens with one attached hydrogen (secondary N) is 1. The normalized spacial score (nSPS) is 21.4. The molecule has 1 unspecified atom stereocenters. The van der Waals surface area contributed by atoms with Gasteiger partial charge in [-0.3, -0.25) is 9.48 Å². The highest BCUT2D eigenvalue weighted by Gasteiger charge is 2.38. The zero-order valence-corrected chi connectivity index (χ0v) is 14.0. The van der Waals surface area contributed by atoms with Crippen LogP contribution in [0.5, 0.6) is 0 Å². The summed E-state index contributed by atoms with van der Waals surface area (Å²) in [6.07, 6.45) is 1.68. The molecule has 1 aliphatic rings. The van der Waals surface area contributed by atoms with E-state index in [2.05, 4.69) is 22.3 Å². The van der Waals surface area contributed by atoms with Crippen LogP contribution in [0.25, 0.3) is 11.4 Å². The molecule has 1 aromatic carbocycles. The Morgan fingerprint density at radius 3 is 2.74 bits per heavy atom. The molecule has 1 aliphatic heterocycles. The molecule has 0 bridgehead atoms. The van der Waals surface area contributed by atoms with Crippen LogP contribution < -0.4 is 5.32 Å². The molecule has 0 spiro atoms. The number of amides is 1. The monoisotopic (exact) mass is 333 g/mol. The maximum absolute atomic E-state index is 12.2. The number of nitrogens with zero attached hydrogens (tertiary/aromatic N) is 4. The summed E-state index contributed by atoms with van der Waals surface area (Å²) >= 11 is 5.78. The minimum absolute atomic E-state index is 0.00549. The Labute approximate surface area is 140 Å². The summed E-state index contributed by atoms with van der Waals surface area (Å²) < 4.78 is 1.68. The molecular formula is C16H20ClN5O. The third-order valence-electron chi connectivity index (χ3n) is 4.36. The second-order valence-electron chi connectivity index (χ2n) is 5.95. The van der Waals surface area contributed by atoms with E-state index in [4.69, 9.17) is 11.6 Å². The number of carbonyl (C=O) groups excluding carboxylic acids is 1. The first kappa shape index (κ1) is 16.0. The van der Waals surface area contributed by atoms with E-state index < -0.39 is 5.54 Å². The lowest BCUT2D eigenvalue weighted by Gasteiger charge is -2.45. The SMILES string of the molecule is Cn1cnc(-c2ccc(C3(C)CNCCN3C(=O)CCl)cc2)n1. The predicted molar refractivity (Wildman–Crippen MR) is 89.1 cm³/mol. The fourth-order valence-electron chi connectivity index (χ4n) is 3.04.